The molecule has 1 rings (SSSR count). The van der Waals surface area contributed by atoms with Gasteiger partial charge in [0, 0.05) is 0 Å². The molecule has 10 heavy (non-hydrogen) atoms. The highest BCUT2D eigenvalue weighted by Crippen LogP contribution is 2.18. The van der Waals surface area contributed by atoms with Crippen molar-refractivity contribution in [1.29, 1.82) is 0 Å². The standard InChI is InChI=1S/C8H11NO/c1-3-8(2,9)7-5-4-6-10-7/h3-6H,1,9H2,2H3. The normalized spacial score (nSPS) is 16.2. The zero-order valence-electron chi connectivity index (χ0n) is 6.00. The van der Waals surface area contributed by atoms with Crippen LogP contribution in [0, 0.1) is 0 Å². The minimum absolute atomic E-state index is 0.538. The van der Waals surface area contributed by atoms with Crippen LogP contribution >= 0.6 is 0 Å². The average Bonchev–Trinajstić information content (AvgIpc) is 2.38. The van der Waals surface area contributed by atoms with E-state index < -0.39 is 5.54 Å². The summed E-state index contributed by atoms with van der Waals surface area (Å²) in [5, 5.41) is 0. The molecule has 0 saturated heterocycles. The first-order valence-corrected chi connectivity index (χ1v) is 3.13. The predicted molar refractivity (Wildman–Crippen MR) is 40.4 cm³/mol. The summed E-state index contributed by atoms with van der Waals surface area (Å²) >= 11 is 0. The lowest BCUT2D eigenvalue weighted by molar-refractivity contribution is 0.426. The van der Waals surface area contributed by atoms with Crippen molar-refractivity contribution in [3.63, 3.8) is 0 Å². The SMILES string of the molecule is C=CC(C)(N)c1ccco1. The first-order valence-electron chi connectivity index (χ1n) is 3.13. The van der Waals surface area contributed by atoms with Crippen LogP contribution in [0.1, 0.15) is 12.7 Å². The third-order valence-electron chi connectivity index (χ3n) is 1.48. The average molecular weight is 137 g/mol. The molecule has 1 unspecified atom stereocenters. The summed E-state index contributed by atoms with van der Waals surface area (Å²) in [7, 11) is 0. The zero-order chi connectivity index (χ0) is 7.61. The Bertz CT molecular complexity index is 211. The molecular formula is C8H11NO. The van der Waals surface area contributed by atoms with Crippen molar-refractivity contribution >= 4 is 0 Å². The molecule has 1 aromatic rings. The number of hydrogen-bond acceptors (Lipinski definition) is 2. The lowest BCUT2D eigenvalue weighted by atomic mass is 10.0. The van der Waals surface area contributed by atoms with E-state index in [1.165, 1.54) is 0 Å². The van der Waals surface area contributed by atoms with E-state index in [0.29, 0.717) is 0 Å². The summed E-state index contributed by atoms with van der Waals surface area (Å²) in [5.41, 5.74) is 5.23. The lowest BCUT2D eigenvalue weighted by Crippen LogP contribution is -2.29. The monoisotopic (exact) mass is 137 g/mol. The van der Waals surface area contributed by atoms with Crippen LogP contribution in [-0.4, -0.2) is 0 Å². The summed E-state index contributed by atoms with van der Waals surface area (Å²) in [6.07, 6.45) is 3.26. The fraction of sp³-hybridized carbons (Fsp3) is 0.250. The molecule has 1 atom stereocenters. The van der Waals surface area contributed by atoms with Crippen LogP contribution in [-0.2, 0) is 5.54 Å². The maximum atomic E-state index is 5.77. The second-order valence-corrected chi connectivity index (χ2v) is 2.46. The van der Waals surface area contributed by atoms with Crippen LogP contribution in [0.25, 0.3) is 0 Å². The molecule has 0 aliphatic rings. The maximum Gasteiger partial charge on any atom is 0.127 e. The number of nitrogens with two attached hydrogens (primary N) is 1. The third-order valence-corrected chi connectivity index (χ3v) is 1.48. The summed E-state index contributed by atoms with van der Waals surface area (Å²) in [6, 6.07) is 3.64. The zero-order valence-corrected chi connectivity index (χ0v) is 6.00. The van der Waals surface area contributed by atoms with Crippen molar-refractivity contribution in [2.75, 3.05) is 0 Å². The molecule has 2 nitrogen and oxygen atoms in total. The van der Waals surface area contributed by atoms with E-state index in [0.717, 1.165) is 5.76 Å². The van der Waals surface area contributed by atoms with Gasteiger partial charge in [-0.2, -0.15) is 0 Å². The molecular weight excluding hydrogens is 126 g/mol. The predicted octanol–water partition coefficient (Wildman–Crippen LogP) is 1.64. The molecule has 0 fully saturated rings. The molecule has 2 heteroatoms. The highest BCUT2D eigenvalue weighted by Gasteiger charge is 2.18. The Morgan fingerprint density at radius 2 is 2.50 bits per heavy atom. The Morgan fingerprint density at radius 3 is 2.90 bits per heavy atom. The van der Waals surface area contributed by atoms with Gasteiger partial charge in [-0.15, -0.1) is 6.58 Å². The maximum absolute atomic E-state index is 5.77. The van der Waals surface area contributed by atoms with Crippen molar-refractivity contribution in [1.82, 2.24) is 0 Å². The van der Waals surface area contributed by atoms with Gasteiger partial charge in [0.2, 0.25) is 0 Å². The summed E-state index contributed by atoms with van der Waals surface area (Å²) < 4.78 is 5.09. The van der Waals surface area contributed by atoms with Gasteiger partial charge < -0.3 is 10.2 Å². The van der Waals surface area contributed by atoms with Crippen molar-refractivity contribution in [2.45, 2.75) is 12.5 Å². The highest BCUT2D eigenvalue weighted by molar-refractivity contribution is 5.16. The minimum Gasteiger partial charge on any atom is -0.467 e. The summed E-state index contributed by atoms with van der Waals surface area (Å²) in [6.45, 7) is 5.45. The fourth-order valence-corrected chi connectivity index (χ4v) is 0.686. The lowest BCUT2D eigenvalue weighted by Gasteiger charge is -2.15. The van der Waals surface area contributed by atoms with Crippen molar-refractivity contribution in [2.24, 2.45) is 5.73 Å². The first kappa shape index (κ1) is 7.09. The minimum atomic E-state index is -0.538. The first-order chi connectivity index (χ1) is 4.67. The molecule has 0 spiro atoms. The molecule has 0 amide bonds. The van der Waals surface area contributed by atoms with Gasteiger partial charge in [0.05, 0.1) is 11.8 Å². The summed E-state index contributed by atoms with van der Waals surface area (Å²) in [5.74, 6) is 0.738. The Labute approximate surface area is 60.3 Å². The van der Waals surface area contributed by atoms with Gasteiger partial charge in [0.1, 0.15) is 5.76 Å². The second-order valence-electron chi connectivity index (χ2n) is 2.46. The Balaban J connectivity index is 2.95. The van der Waals surface area contributed by atoms with Gasteiger partial charge in [-0.3, -0.25) is 0 Å². The van der Waals surface area contributed by atoms with Crippen molar-refractivity contribution in [3.05, 3.63) is 36.8 Å². The number of rotatable bonds is 2. The molecule has 1 heterocycles. The van der Waals surface area contributed by atoms with Gasteiger partial charge in [0.25, 0.3) is 0 Å². The van der Waals surface area contributed by atoms with Crippen LogP contribution in [0.2, 0.25) is 0 Å². The quantitative estimate of drug-likeness (QED) is 0.629. The fourth-order valence-electron chi connectivity index (χ4n) is 0.686. The molecule has 0 saturated carbocycles. The van der Waals surface area contributed by atoms with E-state index in [9.17, 15) is 0 Å². The van der Waals surface area contributed by atoms with Gasteiger partial charge in [0.15, 0.2) is 0 Å². The summed E-state index contributed by atoms with van der Waals surface area (Å²) in [4.78, 5) is 0. The van der Waals surface area contributed by atoms with Crippen LogP contribution < -0.4 is 5.73 Å². The molecule has 1 aromatic heterocycles. The van der Waals surface area contributed by atoms with Crippen molar-refractivity contribution in [3.8, 4) is 0 Å². The Kier molecular flexibility index (Phi) is 1.64. The number of hydrogen-bond donors (Lipinski definition) is 1. The van der Waals surface area contributed by atoms with Gasteiger partial charge in [-0.25, -0.2) is 0 Å². The van der Waals surface area contributed by atoms with Crippen LogP contribution in [0.5, 0.6) is 0 Å². The number of furan rings is 1. The molecule has 2 N–H and O–H groups in total. The molecule has 0 aliphatic heterocycles. The van der Waals surface area contributed by atoms with Gasteiger partial charge >= 0.3 is 0 Å². The highest BCUT2D eigenvalue weighted by atomic mass is 16.3. The van der Waals surface area contributed by atoms with Crippen LogP contribution in [0.15, 0.2) is 35.5 Å². The Hall–Kier alpha value is -1.02. The third kappa shape index (κ3) is 1.11. The van der Waals surface area contributed by atoms with Crippen LogP contribution in [0.4, 0.5) is 0 Å². The van der Waals surface area contributed by atoms with E-state index in [2.05, 4.69) is 6.58 Å². The smallest absolute Gasteiger partial charge is 0.127 e. The van der Waals surface area contributed by atoms with E-state index in [4.69, 9.17) is 10.2 Å². The van der Waals surface area contributed by atoms with E-state index in [1.54, 1.807) is 12.3 Å². The molecule has 54 valence electrons. The molecule has 0 radical (unpaired) electrons. The molecule has 0 aliphatic carbocycles. The van der Waals surface area contributed by atoms with E-state index >= 15 is 0 Å². The van der Waals surface area contributed by atoms with Gasteiger partial charge in [-0.1, -0.05) is 6.08 Å². The van der Waals surface area contributed by atoms with Crippen LogP contribution in [0.3, 0.4) is 0 Å². The molecule has 0 aromatic carbocycles. The largest absolute Gasteiger partial charge is 0.467 e. The van der Waals surface area contributed by atoms with Crippen molar-refractivity contribution < 1.29 is 4.42 Å². The molecule has 0 bridgehead atoms. The topological polar surface area (TPSA) is 39.2 Å². The van der Waals surface area contributed by atoms with E-state index in [-0.39, 0.29) is 0 Å². The Morgan fingerprint density at radius 1 is 1.80 bits per heavy atom. The second kappa shape index (κ2) is 2.31. The van der Waals surface area contributed by atoms with E-state index in [1.807, 2.05) is 19.1 Å². The van der Waals surface area contributed by atoms with Gasteiger partial charge in [-0.05, 0) is 19.1 Å².